The molecule has 1 unspecified atom stereocenters. The summed E-state index contributed by atoms with van der Waals surface area (Å²) >= 11 is 0. The average Bonchev–Trinajstić information content (AvgIpc) is 2.62. The Morgan fingerprint density at radius 3 is 2.42 bits per heavy atom. The number of nitrogens with zero attached hydrogens (tertiary/aromatic N) is 2. The largest absolute Gasteiger partial charge is 0.313 e. The normalized spacial score (nSPS) is 25.0. The summed E-state index contributed by atoms with van der Waals surface area (Å²) in [6.45, 7) is 7.55. The molecule has 1 N–H and O–H groups in total. The second-order valence-electron chi connectivity index (χ2n) is 7.02. The summed E-state index contributed by atoms with van der Waals surface area (Å²) < 4.78 is 29.8. The van der Waals surface area contributed by atoms with Crippen molar-refractivity contribution in [1.82, 2.24) is 13.9 Å². The van der Waals surface area contributed by atoms with Crippen molar-refractivity contribution in [2.24, 2.45) is 5.92 Å². The van der Waals surface area contributed by atoms with Crippen LogP contribution in [0.25, 0.3) is 0 Å². The van der Waals surface area contributed by atoms with Gasteiger partial charge in [-0.3, -0.25) is 0 Å². The number of aryl methyl sites for hydroxylation is 1. The molecule has 134 valence electrons. The maximum absolute atomic E-state index is 13.2. The van der Waals surface area contributed by atoms with Crippen LogP contribution in [0.1, 0.15) is 43.9 Å². The van der Waals surface area contributed by atoms with E-state index in [2.05, 4.69) is 43.4 Å². The van der Waals surface area contributed by atoms with Gasteiger partial charge in [0.05, 0.1) is 6.04 Å². The minimum absolute atomic E-state index is 0.117. The van der Waals surface area contributed by atoms with Crippen molar-refractivity contribution in [1.29, 1.82) is 0 Å². The molecule has 0 radical (unpaired) electrons. The van der Waals surface area contributed by atoms with E-state index in [1.54, 1.807) is 8.61 Å². The zero-order chi connectivity index (χ0) is 17.2. The summed E-state index contributed by atoms with van der Waals surface area (Å²) in [7, 11) is -3.39. The highest BCUT2D eigenvalue weighted by atomic mass is 32.2. The molecule has 24 heavy (non-hydrogen) atoms. The van der Waals surface area contributed by atoms with Gasteiger partial charge in [0.2, 0.25) is 0 Å². The SMILES string of the molecule is CCc1ccc(C2CNCCN2S(=O)(=O)N2CCC(C)CC2)cc1. The van der Waals surface area contributed by atoms with Crippen molar-refractivity contribution in [2.45, 2.75) is 39.2 Å². The quantitative estimate of drug-likeness (QED) is 0.904. The summed E-state index contributed by atoms with van der Waals surface area (Å²) in [5, 5.41) is 3.35. The fourth-order valence-electron chi connectivity index (χ4n) is 3.59. The van der Waals surface area contributed by atoms with Crippen molar-refractivity contribution >= 4 is 10.2 Å². The maximum atomic E-state index is 13.2. The van der Waals surface area contributed by atoms with Crippen LogP contribution in [-0.4, -0.2) is 49.8 Å². The smallest absolute Gasteiger partial charge is 0.282 e. The topological polar surface area (TPSA) is 52.7 Å². The molecule has 3 rings (SSSR count). The predicted molar refractivity (Wildman–Crippen MR) is 97.0 cm³/mol. The standard InChI is InChI=1S/C18H29N3O2S/c1-3-16-4-6-17(7-5-16)18-14-19-10-13-21(18)24(22,23)20-11-8-15(2)9-12-20/h4-7,15,18-19H,3,8-14H2,1-2H3. The first-order valence-electron chi connectivity index (χ1n) is 9.09. The van der Waals surface area contributed by atoms with Gasteiger partial charge in [0.1, 0.15) is 0 Å². The molecule has 0 spiro atoms. The van der Waals surface area contributed by atoms with Gasteiger partial charge < -0.3 is 5.32 Å². The summed E-state index contributed by atoms with van der Waals surface area (Å²) in [5.74, 6) is 0.622. The van der Waals surface area contributed by atoms with Gasteiger partial charge in [0.25, 0.3) is 10.2 Å². The average molecular weight is 352 g/mol. The van der Waals surface area contributed by atoms with Gasteiger partial charge in [-0.2, -0.15) is 17.0 Å². The predicted octanol–water partition coefficient (Wildman–Crippen LogP) is 2.17. The maximum Gasteiger partial charge on any atom is 0.282 e. The third kappa shape index (κ3) is 3.67. The molecule has 1 aromatic carbocycles. The highest BCUT2D eigenvalue weighted by Gasteiger charge is 2.38. The van der Waals surface area contributed by atoms with Gasteiger partial charge in [-0.15, -0.1) is 0 Å². The second-order valence-corrected chi connectivity index (χ2v) is 8.90. The van der Waals surface area contributed by atoms with E-state index in [0.29, 0.717) is 38.6 Å². The lowest BCUT2D eigenvalue weighted by molar-refractivity contribution is 0.223. The van der Waals surface area contributed by atoms with Crippen LogP contribution in [0.3, 0.4) is 0 Å². The Kier molecular flexibility index (Phi) is 5.59. The first-order chi connectivity index (χ1) is 11.5. The number of benzene rings is 1. The summed E-state index contributed by atoms with van der Waals surface area (Å²) in [5.41, 5.74) is 2.36. The number of nitrogens with one attached hydrogen (secondary N) is 1. The first-order valence-corrected chi connectivity index (χ1v) is 10.5. The molecule has 6 heteroatoms. The highest BCUT2D eigenvalue weighted by Crippen LogP contribution is 2.29. The van der Waals surface area contributed by atoms with E-state index in [1.807, 2.05) is 0 Å². The Morgan fingerprint density at radius 1 is 1.12 bits per heavy atom. The Bertz CT molecular complexity index is 637. The number of hydrogen-bond acceptors (Lipinski definition) is 3. The molecule has 2 aliphatic heterocycles. The van der Waals surface area contributed by atoms with Crippen molar-refractivity contribution in [3.05, 3.63) is 35.4 Å². The van der Waals surface area contributed by atoms with Gasteiger partial charge >= 0.3 is 0 Å². The first kappa shape index (κ1) is 17.9. The Morgan fingerprint density at radius 2 is 1.79 bits per heavy atom. The van der Waals surface area contributed by atoms with E-state index in [1.165, 1.54) is 5.56 Å². The molecule has 2 heterocycles. The van der Waals surface area contributed by atoms with E-state index < -0.39 is 10.2 Å². The second kappa shape index (κ2) is 7.52. The molecule has 5 nitrogen and oxygen atoms in total. The van der Waals surface area contributed by atoms with Crippen LogP contribution >= 0.6 is 0 Å². The van der Waals surface area contributed by atoms with Gasteiger partial charge in [-0.25, -0.2) is 0 Å². The van der Waals surface area contributed by atoms with Crippen LogP contribution < -0.4 is 5.32 Å². The van der Waals surface area contributed by atoms with Crippen molar-refractivity contribution in [3.63, 3.8) is 0 Å². The molecule has 0 amide bonds. The summed E-state index contributed by atoms with van der Waals surface area (Å²) in [6.07, 6.45) is 2.92. The van der Waals surface area contributed by atoms with Crippen LogP contribution in [0, 0.1) is 5.92 Å². The van der Waals surface area contributed by atoms with E-state index in [0.717, 1.165) is 24.8 Å². The Labute approximate surface area is 146 Å². The minimum atomic E-state index is -3.39. The summed E-state index contributed by atoms with van der Waals surface area (Å²) in [4.78, 5) is 0. The molecule has 0 saturated carbocycles. The van der Waals surface area contributed by atoms with Crippen LogP contribution in [0.2, 0.25) is 0 Å². The van der Waals surface area contributed by atoms with Gasteiger partial charge in [0.15, 0.2) is 0 Å². The molecular weight excluding hydrogens is 322 g/mol. The fourth-order valence-corrected chi connectivity index (χ4v) is 5.39. The van der Waals surface area contributed by atoms with Crippen LogP contribution in [0.15, 0.2) is 24.3 Å². The number of rotatable bonds is 4. The molecule has 2 aliphatic rings. The molecule has 1 aromatic rings. The molecule has 0 aromatic heterocycles. The number of hydrogen-bond donors (Lipinski definition) is 1. The van der Waals surface area contributed by atoms with Crippen LogP contribution in [0.5, 0.6) is 0 Å². The third-order valence-electron chi connectivity index (χ3n) is 5.33. The monoisotopic (exact) mass is 351 g/mol. The summed E-state index contributed by atoms with van der Waals surface area (Å²) in [6, 6.07) is 8.26. The molecule has 0 aliphatic carbocycles. The third-order valence-corrected chi connectivity index (χ3v) is 7.38. The van der Waals surface area contributed by atoms with Gasteiger partial charge in [0, 0.05) is 32.7 Å². The van der Waals surface area contributed by atoms with E-state index >= 15 is 0 Å². The lowest BCUT2D eigenvalue weighted by Crippen LogP contribution is -2.54. The zero-order valence-corrected chi connectivity index (χ0v) is 15.6. The minimum Gasteiger partial charge on any atom is -0.313 e. The van der Waals surface area contributed by atoms with Crippen LogP contribution in [0.4, 0.5) is 0 Å². The number of piperidine rings is 1. The lowest BCUT2D eigenvalue weighted by atomic mass is 10.0. The van der Waals surface area contributed by atoms with Gasteiger partial charge in [-0.05, 0) is 36.3 Å². The van der Waals surface area contributed by atoms with Crippen molar-refractivity contribution in [3.8, 4) is 0 Å². The van der Waals surface area contributed by atoms with Gasteiger partial charge in [-0.1, -0.05) is 38.1 Å². The molecule has 0 bridgehead atoms. The Hall–Kier alpha value is -0.950. The van der Waals surface area contributed by atoms with E-state index in [9.17, 15) is 8.42 Å². The molecular formula is C18H29N3O2S. The molecule has 2 fully saturated rings. The highest BCUT2D eigenvalue weighted by molar-refractivity contribution is 7.86. The van der Waals surface area contributed by atoms with Crippen molar-refractivity contribution < 1.29 is 8.42 Å². The van der Waals surface area contributed by atoms with Crippen LogP contribution in [-0.2, 0) is 16.6 Å². The fraction of sp³-hybridized carbons (Fsp3) is 0.667. The Balaban J connectivity index is 1.83. The lowest BCUT2D eigenvalue weighted by Gasteiger charge is -2.40. The van der Waals surface area contributed by atoms with Crippen molar-refractivity contribution in [2.75, 3.05) is 32.7 Å². The molecule has 2 saturated heterocycles. The van der Waals surface area contributed by atoms with E-state index in [4.69, 9.17) is 0 Å². The van der Waals surface area contributed by atoms with E-state index in [-0.39, 0.29) is 6.04 Å². The molecule has 1 atom stereocenters. The zero-order valence-electron chi connectivity index (χ0n) is 14.7. The number of piperazine rings is 1.